The van der Waals surface area contributed by atoms with Gasteiger partial charge >= 0.3 is 0 Å². The molecule has 1 amide bonds. The van der Waals surface area contributed by atoms with Gasteiger partial charge in [-0.3, -0.25) is 4.79 Å². The molecule has 1 aliphatic heterocycles. The summed E-state index contributed by atoms with van der Waals surface area (Å²) in [4.78, 5) is 24.4. The van der Waals surface area contributed by atoms with E-state index in [2.05, 4.69) is 68.0 Å². The summed E-state index contributed by atoms with van der Waals surface area (Å²) in [6, 6.07) is 2.43. The number of halogens is 2. The molecule has 3 N–H and O–H groups in total. The minimum absolute atomic E-state index is 0.00992. The molecule has 0 aromatic carbocycles. The maximum absolute atomic E-state index is 14.0. The number of allylic oxidation sites excluding steroid dienone is 4. The number of nitrogens with two attached hydrogens (primary N) is 1. The Labute approximate surface area is 293 Å². The van der Waals surface area contributed by atoms with Gasteiger partial charge < -0.3 is 20.7 Å². The number of carbonyl (C=O) groups excluding carboxylic acids is 1. The van der Waals surface area contributed by atoms with Crippen molar-refractivity contribution in [2.45, 2.75) is 106 Å². The third-order valence-electron chi connectivity index (χ3n) is 9.52. The Morgan fingerprint density at radius 2 is 1.78 bits per heavy atom. The second-order valence-electron chi connectivity index (χ2n) is 13.2. The summed E-state index contributed by atoms with van der Waals surface area (Å²) in [7, 11) is 1.56. The van der Waals surface area contributed by atoms with Crippen LogP contribution >= 0.6 is 0 Å². The number of aliphatic imine (C=N–C) groups is 1. The quantitative estimate of drug-likeness (QED) is 0.0862. The Morgan fingerprint density at radius 1 is 1.10 bits per heavy atom. The molecule has 0 saturated carbocycles. The minimum atomic E-state index is -3.07. The van der Waals surface area contributed by atoms with Gasteiger partial charge in [0.2, 0.25) is 0 Å². The number of methoxy groups -OCH3 is 1. The van der Waals surface area contributed by atoms with E-state index in [1.165, 1.54) is 18.3 Å². The molecule has 0 aliphatic carbocycles. The molecular weight excluding hydrogens is 620 g/mol. The number of carbonyl (C=O) groups is 1. The molecule has 9 heteroatoms. The molecule has 270 valence electrons. The maximum Gasteiger partial charge on any atom is 0.270 e. The lowest BCUT2D eigenvalue weighted by Crippen LogP contribution is -2.34. The predicted octanol–water partition coefficient (Wildman–Crippen LogP) is 10.4. The van der Waals surface area contributed by atoms with Gasteiger partial charge in [0.25, 0.3) is 11.8 Å². The van der Waals surface area contributed by atoms with E-state index >= 15 is 0 Å². The number of anilines is 1. The van der Waals surface area contributed by atoms with E-state index < -0.39 is 11.8 Å². The van der Waals surface area contributed by atoms with Gasteiger partial charge in [0.15, 0.2) is 0 Å². The number of alkyl halides is 2. The average molecular weight is 680 g/mol. The number of ether oxygens (including phenoxy) is 1. The van der Waals surface area contributed by atoms with Crippen LogP contribution in [-0.4, -0.2) is 28.7 Å². The van der Waals surface area contributed by atoms with Crippen molar-refractivity contribution in [1.82, 2.24) is 9.88 Å². The first-order valence-electron chi connectivity index (χ1n) is 17.7. The fourth-order valence-corrected chi connectivity index (χ4v) is 5.76. The number of aromatic nitrogens is 1. The first kappa shape index (κ1) is 41.2. The summed E-state index contributed by atoms with van der Waals surface area (Å²) in [5.74, 6) is -2.09. The number of hydrogen-bond acceptors (Lipinski definition) is 6. The lowest BCUT2D eigenvalue weighted by atomic mass is 9.85. The molecule has 0 radical (unpaired) electrons. The summed E-state index contributed by atoms with van der Waals surface area (Å²) < 4.78 is 33.8. The molecule has 0 fully saturated rings. The van der Waals surface area contributed by atoms with Crippen LogP contribution in [-0.2, 0) is 15.5 Å². The number of pyridine rings is 1. The number of amidine groups is 1. The van der Waals surface area contributed by atoms with E-state index in [1.54, 1.807) is 19.4 Å². The first-order valence-corrected chi connectivity index (χ1v) is 17.7. The highest BCUT2D eigenvalue weighted by molar-refractivity contribution is 6.04. The number of nitrogens with zero attached hydrogens (tertiary/aromatic N) is 3. The van der Waals surface area contributed by atoms with Crippen molar-refractivity contribution in [2.75, 3.05) is 12.4 Å². The van der Waals surface area contributed by atoms with Crippen molar-refractivity contribution < 1.29 is 18.3 Å². The number of nitrogens with one attached hydrogen (secondary N) is 1. The zero-order valence-electron chi connectivity index (χ0n) is 31.2. The Hall–Kier alpha value is -4.01. The predicted molar refractivity (Wildman–Crippen MR) is 200 cm³/mol. The fraction of sp³-hybridized carbons (Fsp3) is 0.525. The number of amides is 1. The van der Waals surface area contributed by atoms with E-state index in [0.717, 1.165) is 62.4 Å². The number of hydrogen-bond donors (Lipinski definition) is 2. The van der Waals surface area contributed by atoms with E-state index in [1.807, 2.05) is 26.1 Å². The highest BCUT2D eigenvalue weighted by Gasteiger charge is 2.31. The summed E-state index contributed by atoms with van der Waals surface area (Å²) in [5, 5.41) is 2.73. The molecular formula is C40H59F2N5O2. The first-order chi connectivity index (χ1) is 23.1. The molecule has 0 bridgehead atoms. The molecule has 2 heterocycles. The lowest BCUT2D eigenvalue weighted by molar-refractivity contribution is -0.113. The van der Waals surface area contributed by atoms with Crippen LogP contribution in [0.4, 0.5) is 14.6 Å². The Morgan fingerprint density at radius 3 is 2.35 bits per heavy atom. The normalized spacial score (nSPS) is 17.5. The Kier molecular flexibility index (Phi) is 16.2. The van der Waals surface area contributed by atoms with E-state index in [4.69, 9.17) is 10.5 Å². The third kappa shape index (κ3) is 11.3. The second-order valence-corrected chi connectivity index (χ2v) is 13.2. The van der Waals surface area contributed by atoms with Crippen molar-refractivity contribution >= 4 is 17.6 Å². The molecule has 7 nitrogen and oxygen atoms in total. The number of rotatable bonds is 19. The standard InChI is InChI=1S/C40H59F2N5O2/c1-12-16-17-31(24-26(5)13-2)29(8)47-23-22-45-38(43)37(47)36(28(7)15-4)34(30(9)49-11)19-18-33(27(6)14-3)39(48)46-35-25-32(20-21-44-35)40(10,41)42/h18-23,25-28,31H,8-9,12-17,24H2,1-7,10-11H3,(H2,43,45)(H,44,46,48)/b33-18+,34-19+,37-36+. The smallest absolute Gasteiger partial charge is 0.270 e. The van der Waals surface area contributed by atoms with Gasteiger partial charge in [0, 0.05) is 47.9 Å². The monoisotopic (exact) mass is 679 g/mol. The summed E-state index contributed by atoms with van der Waals surface area (Å²) in [6.07, 6.45) is 15.2. The zero-order chi connectivity index (χ0) is 36.9. The highest BCUT2D eigenvalue weighted by atomic mass is 19.3. The van der Waals surface area contributed by atoms with Crippen LogP contribution in [0.1, 0.15) is 106 Å². The number of unbranched alkanes of at least 4 members (excludes halogenated alkanes) is 1. The zero-order valence-corrected chi connectivity index (χ0v) is 31.2. The van der Waals surface area contributed by atoms with Crippen LogP contribution < -0.4 is 11.1 Å². The van der Waals surface area contributed by atoms with E-state index in [0.29, 0.717) is 35.1 Å². The van der Waals surface area contributed by atoms with Gasteiger partial charge in [-0.25, -0.2) is 18.8 Å². The van der Waals surface area contributed by atoms with Gasteiger partial charge in [-0.15, -0.1) is 0 Å². The van der Waals surface area contributed by atoms with Crippen molar-refractivity contribution in [3.63, 3.8) is 0 Å². The summed E-state index contributed by atoms with van der Waals surface area (Å²) in [5.41, 5.74) is 10.2. The van der Waals surface area contributed by atoms with Crippen LogP contribution in [0.15, 0.2) is 94.9 Å². The van der Waals surface area contributed by atoms with Crippen LogP contribution in [0.2, 0.25) is 0 Å². The molecule has 1 aromatic heterocycles. The Bertz CT molecular complexity index is 1470. The lowest BCUT2D eigenvalue weighted by Gasteiger charge is -2.36. The van der Waals surface area contributed by atoms with Crippen LogP contribution in [0, 0.1) is 23.7 Å². The maximum atomic E-state index is 14.0. The molecule has 0 spiro atoms. The largest absolute Gasteiger partial charge is 0.497 e. The average Bonchev–Trinajstić information content (AvgIpc) is 3.08. The summed E-state index contributed by atoms with van der Waals surface area (Å²) in [6.45, 7) is 24.5. The van der Waals surface area contributed by atoms with Crippen molar-refractivity contribution in [2.24, 2.45) is 34.4 Å². The van der Waals surface area contributed by atoms with Crippen molar-refractivity contribution in [3.8, 4) is 0 Å². The van der Waals surface area contributed by atoms with Gasteiger partial charge in [0.1, 0.15) is 17.4 Å². The molecule has 1 aromatic rings. The molecule has 49 heavy (non-hydrogen) atoms. The van der Waals surface area contributed by atoms with Gasteiger partial charge in [-0.1, -0.05) is 93.0 Å². The molecule has 0 saturated heterocycles. The topological polar surface area (TPSA) is 92.8 Å². The van der Waals surface area contributed by atoms with Crippen molar-refractivity contribution in [3.05, 3.63) is 95.5 Å². The third-order valence-corrected chi connectivity index (χ3v) is 9.52. The SMILES string of the molecule is C=C(OC)C(=C\C=C(\C(=O)Nc1cc(C(C)(F)F)ccn1)C(C)CC)/C(=C1\C(N)=NC=CN1C(=C)C(CCCC)CC(C)CC)C(C)CC. The van der Waals surface area contributed by atoms with Crippen LogP contribution in [0.25, 0.3) is 0 Å². The highest BCUT2D eigenvalue weighted by Crippen LogP contribution is 2.38. The Balaban J connectivity index is 2.80. The summed E-state index contributed by atoms with van der Waals surface area (Å²) >= 11 is 0. The fourth-order valence-electron chi connectivity index (χ4n) is 5.76. The van der Waals surface area contributed by atoms with Crippen LogP contribution in [0.5, 0.6) is 0 Å². The van der Waals surface area contributed by atoms with Gasteiger partial charge in [0.05, 0.1) is 12.8 Å². The van der Waals surface area contributed by atoms with E-state index in [-0.39, 0.29) is 29.1 Å². The molecule has 1 aliphatic rings. The van der Waals surface area contributed by atoms with Crippen LogP contribution in [0.3, 0.4) is 0 Å². The van der Waals surface area contributed by atoms with E-state index in [9.17, 15) is 13.6 Å². The second kappa shape index (κ2) is 19.2. The van der Waals surface area contributed by atoms with Gasteiger partial charge in [-0.05, 0) is 67.1 Å². The minimum Gasteiger partial charge on any atom is -0.497 e. The molecule has 2 rings (SSSR count). The van der Waals surface area contributed by atoms with Crippen molar-refractivity contribution in [1.29, 1.82) is 0 Å². The van der Waals surface area contributed by atoms with Gasteiger partial charge in [-0.2, -0.15) is 0 Å². The molecule has 4 unspecified atom stereocenters. The molecule has 4 atom stereocenters.